The van der Waals surface area contributed by atoms with Crippen LogP contribution in [0.2, 0.25) is 0 Å². The predicted octanol–water partition coefficient (Wildman–Crippen LogP) is 2.15. The van der Waals surface area contributed by atoms with Crippen molar-refractivity contribution in [3.05, 3.63) is 48.0 Å². The van der Waals surface area contributed by atoms with E-state index in [-0.39, 0.29) is 23.9 Å². The molecule has 0 unspecified atom stereocenters. The zero-order valence-electron chi connectivity index (χ0n) is 10.5. The van der Waals surface area contributed by atoms with Crippen molar-refractivity contribution in [3.63, 3.8) is 0 Å². The van der Waals surface area contributed by atoms with Gasteiger partial charge in [0.05, 0.1) is 5.41 Å². The lowest BCUT2D eigenvalue weighted by Crippen LogP contribution is -2.60. The van der Waals surface area contributed by atoms with Crippen LogP contribution in [-0.2, 0) is 16.1 Å². The Balaban J connectivity index is 1.50. The van der Waals surface area contributed by atoms with E-state index in [0.29, 0.717) is 13.1 Å². The molecule has 1 aromatic carbocycles. The molecule has 1 amide bonds. The van der Waals surface area contributed by atoms with E-state index in [4.69, 9.17) is 4.74 Å². The molecule has 1 heterocycles. The van der Waals surface area contributed by atoms with Crippen LogP contribution in [-0.4, -0.2) is 29.9 Å². The van der Waals surface area contributed by atoms with Gasteiger partial charge >= 0.3 is 6.09 Å². The summed E-state index contributed by atoms with van der Waals surface area (Å²) in [5.41, 5.74) is 0.621. The fourth-order valence-corrected chi connectivity index (χ4v) is 2.58. The van der Waals surface area contributed by atoms with Crippen LogP contribution in [0.4, 0.5) is 4.79 Å². The number of nitrogens with zero attached hydrogens (tertiary/aromatic N) is 1. The van der Waals surface area contributed by atoms with Crippen molar-refractivity contribution in [2.75, 3.05) is 13.1 Å². The molecule has 0 saturated carbocycles. The van der Waals surface area contributed by atoms with Gasteiger partial charge in [0, 0.05) is 13.1 Å². The number of rotatable bonds is 2. The Labute approximate surface area is 111 Å². The van der Waals surface area contributed by atoms with Crippen molar-refractivity contribution in [1.29, 1.82) is 0 Å². The lowest BCUT2D eigenvalue weighted by molar-refractivity contribution is -0.130. The fraction of sp³-hybridized carbons (Fsp3) is 0.333. The molecule has 4 heteroatoms. The van der Waals surface area contributed by atoms with Crippen molar-refractivity contribution >= 4 is 11.9 Å². The second-order valence-electron chi connectivity index (χ2n) is 5.15. The molecule has 0 N–H and O–H groups in total. The van der Waals surface area contributed by atoms with Crippen molar-refractivity contribution < 1.29 is 14.3 Å². The molecule has 4 nitrogen and oxygen atoms in total. The maximum atomic E-state index is 11.8. The molecule has 0 bridgehead atoms. The maximum Gasteiger partial charge on any atom is 0.410 e. The number of benzene rings is 1. The van der Waals surface area contributed by atoms with Gasteiger partial charge in [0.1, 0.15) is 6.61 Å². The molecular formula is C15H15NO3. The molecule has 98 valence electrons. The number of amides is 1. The summed E-state index contributed by atoms with van der Waals surface area (Å²) in [4.78, 5) is 25.1. The van der Waals surface area contributed by atoms with Crippen molar-refractivity contribution in [3.8, 4) is 0 Å². The van der Waals surface area contributed by atoms with E-state index in [0.717, 1.165) is 12.0 Å². The molecule has 0 radical (unpaired) electrons. The third-order valence-corrected chi connectivity index (χ3v) is 3.75. The zero-order valence-corrected chi connectivity index (χ0v) is 10.5. The van der Waals surface area contributed by atoms with Gasteiger partial charge in [-0.15, -0.1) is 0 Å². The van der Waals surface area contributed by atoms with Gasteiger partial charge < -0.3 is 9.64 Å². The Bertz CT molecular complexity index is 530. The maximum absolute atomic E-state index is 11.8. The van der Waals surface area contributed by atoms with Gasteiger partial charge in [-0.3, -0.25) is 4.79 Å². The molecular weight excluding hydrogens is 242 g/mol. The highest BCUT2D eigenvalue weighted by molar-refractivity contribution is 5.99. The van der Waals surface area contributed by atoms with Gasteiger partial charge in [-0.1, -0.05) is 36.4 Å². The first kappa shape index (κ1) is 12.0. The lowest BCUT2D eigenvalue weighted by atomic mass is 9.77. The molecule has 3 rings (SSSR count). The Morgan fingerprint density at radius 1 is 1.26 bits per heavy atom. The first-order valence-corrected chi connectivity index (χ1v) is 6.36. The molecule has 1 aliphatic carbocycles. The second kappa shape index (κ2) is 4.53. The molecule has 1 aromatic rings. The number of hydrogen-bond acceptors (Lipinski definition) is 3. The molecule has 0 atom stereocenters. The highest BCUT2D eigenvalue weighted by Crippen LogP contribution is 2.39. The van der Waals surface area contributed by atoms with E-state index < -0.39 is 0 Å². The monoisotopic (exact) mass is 257 g/mol. The summed E-state index contributed by atoms with van der Waals surface area (Å²) in [6.45, 7) is 1.23. The Morgan fingerprint density at radius 2 is 2.00 bits per heavy atom. The van der Waals surface area contributed by atoms with E-state index in [9.17, 15) is 9.59 Å². The van der Waals surface area contributed by atoms with Crippen molar-refractivity contribution in [2.24, 2.45) is 5.41 Å². The highest BCUT2D eigenvalue weighted by Gasteiger charge is 2.51. The van der Waals surface area contributed by atoms with E-state index in [1.54, 1.807) is 11.0 Å². The number of ketones is 1. The van der Waals surface area contributed by atoms with Gasteiger partial charge in [0.15, 0.2) is 5.78 Å². The summed E-state index contributed by atoms with van der Waals surface area (Å²) in [6.07, 6.45) is 3.91. The number of carbonyl (C=O) groups excluding carboxylic acids is 2. The van der Waals surface area contributed by atoms with Crippen LogP contribution in [0.1, 0.15) is 12.0 Å². The minimum absolute atomic E-state index is 0.139. The molecule has 0 aromatic heterocycles. The molecule has 1 aliphatic heterocycles. The summed E-state index contributed by atoms with van der Waals surface area (Å²) in [5.74, 6) is 0.139. The van der Waals surface area contributed by atoms with Gasteiger partial charge in [-0.25, -0.2) is 4.79 Å². The molecule has 1 saturated heterocycles. The van der Waals surface area contributed by atoms with Crippen LogP contribution in [0.15, 0.2) is 42.5 Å². The van der Waals surface area contributed by atoms with Gasteiger partial charge in [0.25, 0.3) is 0 Å². The topological polar surface area (TPSA) is 46.6 Å². The van der Waals surface area contributed by atoms with Crippen LogP contribution < -0.4 is 0 Å². The summed E-state index contributed by atoms with van der Waals surface area (Å²) in [7, 11) is 0. The Morgan fingerprint density at radius 3 is 2.63 bits per heavy atom. The second-order valence-corrected chi connectivity index (χ2v) is 5.15. The van der Waals surface area contributed by atoms with E-state index in [1.807, 2.05) is 36.4 Å². The minimum atomic E-state index is -0.342. The van der Waals surface area contributed by atoms with Crippen LogP contribution in [0.5, 0.6) is 0 Å². The number of hydrogen-bond donors (Lipinski definition) is 0. The highest BCUT2D eigenvalue weighted by atomic mass is 16.6. The first-order chi connectivity index (χ1) is 9.20. The summed E-state index contributed by atoms with van der Waals surface area (Å²) in [5, 5.41) is 0. The lowest BCUT2D eigenvalue weighted by Gasteiger charge is -2.45. The first-order valence-electron chi connectivity index (χ1n) is 6.36. The van der Waals surface area contributed by atoms with E-state index in [1.165, 1.54) is 0 Å². The number of likely N-dealkylation sites (tertiary alicyclic amines) is 1. The molecule has 2 aliphatic rings. The Kier molecular flexibility index (Phi) is 2.85. The third kappa shape index (κ3) is 2.14. The summed E-state index contributed by atoms with van der Waals surface area (Å²) < 4.78 is 5.23. The van der Waals surface area contributed by atoms with Crippen LogP contribution in [0.3, 0.4) is 0 Å². The molecule has 19 heavy (non-hydrogen) atoms. The number of ether oxygens (including phenoxy) is 1. The Hall–Kier alpha value is -2.10. The van der Waals surface area contributed by atoms with E-state index in [2.05, 4.69) is 0 Å². The number of carbonyl (C=O) groups is 2. The predicted molar refractivity (Wildman–Crippen MR) is 69.4 cm³/mol. The third-order valence-electron chi connectivity index (χ3n) is 3.75. The van der Waals surface area contributed by atoms with E-state index >= 15 is 0 Å². The quantitative estimate of drug-likeness (QED) is 0.815. The summed E-state index contributed by atoms with van der Waals surface area (Å²) >= 11 is 0. The largest absolute Gasteiger partial charge is 0.445 e. The SMILES string of the molecule is O=C(OCc1ccccc1)N1CC2(CC=CC2=O)C1. The molecule has 1 fully saturated rings. The molecule has 1 spiro atoms. The van der Waals surface area contributed by atoms with Crippen LogP contribution in [0, 0.1) is 5.41 Å². The van der Waals surface area contributed by atoms with Crippen molar-refractivity contribution in [1.82, 2.24) is 4.90 Å². The van der Waals surface area contributed by atoms with Gasteiger partial charge in [-0.05, 0) is 18.1 Å². The fourth-order valence-electron chi connectivity index (χ4n) is 2.58. The van der Waals surface area contributed by atoms with Crippen LogP contribution in [0.25, 0.3) is 0 Å². The van der Waals surface area contributed by atoms with Gasteiger partial charge in [-0.2, -0.15) is 0 Å². The average molecular weight is 257 g/mol. The van der Waals surface area contributed by atoms with Crippen LogP contribution >= 0.6 is 0 Å². The zero-order chi connectivity index (χ0) is 13.3. The number of allylic oxidation sites excluding steroid dienone is 2. The van der Waals surface area contributed by atoms with Gasteiger partial charge in [0.2, 0.25) is 0 Å². The normalized spacial score (nSPS) is 19.6. The minimum Gasteiger partial charge on any atom is -0.445 e. The van der Waals surface area contributed by atoms with Crippen molar-refractivity contribution in [2.45, 2.75) is 13.0 Å². The summed E-state index contributed by atoms with van der Waals surface area (Å²) in [6, 6.07) is 9.56. The average Bonchev–Trinajstić information content (AvgIpc) is 2.77. The smallest absolute Gasteiger partial charge is 0.410 e. The standard InChI is InChI=1S/C15H15NO3/c17-13-7-4-8-15(13)10-16(11-15)14(18)19-9-12-5-2-1-3-6-12/h1-7H,8-11H2.